The number of carbonyl (C=O) groups is 2. The smallest absolute Gasteiger partial charge is 0.410 e. The minimum atomic E-state index is -0.567. The lowest BCUT2D eigenvalue weighted by atomic mass is 10.2. The van der Waals surface area contributed by atoms with Gasteiger partial charge in [-0.05, 0) is 39.0 Å². The van der Waals surface area contributed by atoms with Crippen LogP contribution in [0.5, 0.6) is 5.75 Å². The lowest BCUT2D eigenvalue weighted by Gasteiger charge is -2.35. The molecule has 8 nitrogen and oxygen atoms in total. The number of halogens is 1. The van der Waals surface area contributed by atoms with Crippen LogP contribution in [0.1, 0.15) is 20.8 Å². The van der Waals surface area contributed by atoms with Gasteiger partial charge in [-0.15, -0.1) is 0 Å². The fourth-order valence-corrected chi connectivity index (χ4v) is 2.82. The van der Waals surface area contributed by atoms with Crippen LogP contribution in [0.2, 0.25) is 5.02 Å². The molecule has 1 aromatic carbocycles. The Hall–Kier alpha value is -2.92. The Bertz CT molecular complexity index is 834. The van der Waals surface area contributed by atoms with E-state index in [0.717, 1.165) is 0 Å². The fourth-order valence-electron chi connectivity index (χ4n) is 2.65. The summed E-state index contributed by atoms with van der Waals surface area (Å²) in [5, 5.41) is 12.5. The summed E-state index contributed by atoms with van der Waals surface area (Å²) in [5.41, 5.74) is -0.236. The third-order valence-electron chi connectivity index (χ3n) is 4.05. The Morgan fingerprint density at radius 2 is 1.90 bits per heavy atom. The van der Waals surface area contributed by atoms with Crippen molar-refractivity contribution in [2.75, 3.05) is 38.6 Å². The van der Waals surface area contributed by atoms with E-state index in [0.29, 0.717) is 42.6 Å². The third kappa shape index (κ3) is 6.57. The average molecular weight is 421 g/mol. The number of amides is 2. The van der Waals surface area contributed by atoms with Crippen molar-refractivity contribution < 1.29 is 19.1 Å². The minimum absolute atomic E-state index is 0.0576. The second-order valence-corrected chi connectivity index (χ2v) is 7.89. The Balaban J connectivity index is 2.00. The molecule has 1 fully saturated rings. The Labute approximate surface area is 175 Å². The molecule has 1 saturated heterocycles. The molecule has 2 rings (SSSR count). The highest BCUT2D eigenvalue weighted by atomic mass is 35.5. The molecule has 0 spiro atoms. The SMILES string of the molecule is COc1ccc(Cl)cc1NC(=O)/C(C#N)=C\N1CCN(C(=O)OC(C)(C)C)CC1. The molecule has 1 heterocycles. The molecule has 1 N–H and O–H groups in total. The standard InChI is InChI=1S/C20H25ClN4O4/c1-20(2,3)29-19(27)25-9-7-24(8-10-25)13-14(12-22)18(26)23-16-11-15(21)5-6-17(16)28-4/h5-6,11,13H,7-10H2,1-4H3,(H,23,26)/b14-13-. The first-order valence-corrected chi connectivity index (χ1v) is 9.49. The van der Waals surface area contributed by atoms with E-state index in [1.54, 1.807) is 23.1 Å². The zero-order chi connectivity index (χ0) is 21.6. The van der Waals surface area contributed by atoms with E-state index >= 15 is 0 Å². The molecular formula is C20H25ClN4O4. The van der Waals surface area contributed by atoms with Gasteiger partial charge in [0.25, 0.3) is 5.91 Å². The molecule has 1 aliphatic rings. The number of nitriles is 1. The molecule has 0 aliphatic carbocycles. The van der Waals surface area contributed by atoms with E-state index in [1.165, 1.54) is 13.3 Å². The number of carbonyl (C=O) groups excluding carboxylic acids is 2. The number of nitrogens with one attached hydrogen (secondary N) is 1. The van der Waals surface area contributed by atoms with Crippen molar-refractivity contribution in [2.45, 2.75) is 26.4 Å². The largest absolute Gasteiger partial charge is 0.495 e. The number of nitrogens with zero attached hydrogens (tertiary/aromatic N) is 3. The van der Waals surface area contributed by atoms with Crippen LogP contribution in [-0.4, -0.2) is 60.7 Å². The molecule has 156 valence electrons. The zero-order valence-corrected chi connectivity index (χ0v) is 17.7. The summed E-state index contributed by atoms with van der Waals surface area (Å²) in [6.07, 6.45) is 1.13. The van der Waals surface area contributed by atoms with Crippen LogP contribution in [0.4, 0.5) is 10.5 Å². The van der Waals surface area contributed by atoms with Crippen molar-refractivity contribution in [3.05, 3.63) is 35.0 Å². The second-order valence-electron chi connectivity index (χ2n) is 7.46. The first kappa shape index (κ1) is 22.4. The summed E-state index contributed by atoms with van der Waals surface area (Å²) in [4.78, 5) is 28.1. The number of rotatable bonds is 4. The van der Waals surface area contributed by atoms with Crippen LogP contribution in [0.15, 0.2) is 30.0 Å². The number of ether oxygens (including phenoxy) is 2. The topological polar surface area (TPSA) is 94.9 Å². The van der Waals surface area contributed by atoms with Crippen LogP contribution in [0.25, 0.3) is 0 Å². The normalized spacial score (nSPS) is 14.8. The third-order valence-corrected chi connectivity index (χ3v) is 4.29. The van der Waals surface area contributed by atoms with Gasteiger partial charge in [-0.3, -0.25) is 4.79 Å². The van der Waals surface area contributed by atoms with Gasteiger partial charge in [0.05, 0.1) is 12.8 Å². The van der Waals surface area contributed by atoms with Crippen molar-refractivity contribution in [3.63, 3.8) is 0 Å². The van der Waals surface area contributed by atoms with Crippen LogP contribution < -0.4 is 10.1 Å². The van der Waals surface area contributed by atoms with Crippen LogP contribution in [-0.2, 0) is 9.53 Å². The van der Waals surface area contributed by atoms with E-state index in [1.807, 2.05) is 31.7 Å². The van der Waals surface area contributed by atoms with E-state index in [-0.39, 0.29) is 11.7 Å². The van der Waals surface area contributed by atoms with Crippen molar-refractivity contribution in [1.29, 1.82) is 5.26 Å². The quantitative estimate of drug-likeness (QED) is 0.593. The van der Waals surface area contributed by atoms with Crippen molar-refractivity contribution in [1.82, 2.24) is 9.80 Å². The molecule has 0 unspecified atom stereocenters. The van der Waals surface area contributed by atoms with Crippen LogP contribution >= 0.6 is 11.6 Å². The number of hydrogen-bond donors (Lipinski definition) is 1. The van der Waals surface area contributed by atoms with E-state index < -0.39 is 11.5 Å². The first-order chi connectivity index (χ1) is 13.6. The minimum Gasteiger partial charge on any atom is -0.495 e. The maximum absolute atomic E-state index is 12.5. The maximum Gasteiger partial charge on any atom is 0.410 e. The maximum atomic E-state index is 12.5. The van der Waals surface area contributed by atoms with Gasteiger partial charge in [-0.2, -0.15) is 5.26 Å². The predicted molar refractivity (Wildman–Crippen MR) is 110 cm³/mol. The van der Waals surface area contributed by atoms with Gasteiger partial charge in [0.1, 0.15) is 23.0 Å². The number of piperazine rings is 1. The van der Waals surface area contributed by atoms with Gasteiger partial charge in [0, 0.05) is 37.4 Å². The lowest BCUT2D eigenvalue weighted by Crippen LogP contribution is -2.48. The van der Waals surface area contributed by atoms with Gasteiger partial charge in [0.15, 0.2) is 0 Å². The summed E-state index contributed by atoms with van der Waals surface area (Å²) in [6.45, 7) is 7.29. The van der Waals surface area contributed by atoms with Gasteiger partial charge >= 0.3 is 6.09 Å². The van der Waals surface area contributed by atoms with Crippen molar-refractivity contribution >= 4 is 29.3 Å². The molecular weight excluding hydrogens is 396 g/mol. The lowest BCUT2D eigenvalue weighted by molar-refractivity contribution is -0.112. The predicted octanol–water partition coefficient (Wildman–Crippen LogP) is 3.25. The van der Waals surface area contributed by atoms with Crippen LogP contribution in [0, 0.1) is 11.3 Å². The summed E-state index contributed by atoms with van der Waals surface area (Å²) in [6, 6.07) is 6.73. The van der Waals surface area contributed by atoms with Gasteiger partial charge in [-0.25, -0.2) is 4.79 Å². The molecule has 9 heteroatoms. The zero-order valence-electron chi connectivity index (χ0n) is 17.0. The number of hydrogen-bond acceptors (Lipinski definition) is 6. The monoisotopic (exact) mass is 420 g/mol. The Morgan fingerprint density at radius 1 is 1.24 bits per heavy atom. The highest BCUT2D eigenvalue weighted by molar-refractivity contribution is 6.31. The van der Waals surface area contributed by atoms with Crippen molar-refractivity contribution in [3.8, 4) is 11.8 Å². The molecule has 0 aromatic heterocycles. The molecule has 1 aliphatic heterocycles. The van der Waals surface area contributed by atoms with Gasteiger partial charge < -0.3 is 24.6 Å². The summed E-state index contributed by atoms with van der Waals surface area (Å²) in [7, 11) is 1.48. The number of anilines is 1. The Morgan fingerprint density at radius 3 is 2.45 bits per heavy atom. The molecule has 29 heavy (non-hydrogen) atoms. The van der Waals surface area contributed by atoms with E-state index in [4.69, 9.17) is 21.1 Å². The molecule has 0 saturated carbocycles. The first-order valence-electron chi connectivity index (χ1n) is 9.11. The summed E-state index contributed by atoms with van der Waals surface area (Å²) < 4.78 is 10.6. The average Bonchev–Trinajstić information content (AvgIpc) is 2.65. The van der Waals surface area contributed by atoms with Gasteiger partial charge in [0.2, 0.25) is 0 Å². The number of methoxy groups -OCH3 is 1. The molecule has 0 radical (unpaired) electrons. The molecule has 0 bridgehead atoms. The van der Waals surface area contributed by atoms with Gasteiger partial charge in [-0.1, -0.05) is 11.6 Å². The summed E-state index contributed by atoms with van der Waals surface area (Å²) in [5.74, 6) is -0.131. The van der Waals surface area contributed by atoms with E-state index in [2.05, 4.69) is 5.32 Å². The van der Waals surface area contributed by atoms with E-state index in [9.17, 15) is 14.9 Å². The van der Waals surface area contributed by atoms with Crippen LogP contribution in [0.3, 0.4) is 0 Å². The Kier molecular flexibility index (Phi) is 7.35. The van der Waals surface area contributed by atoms with Crippen molar-refractivity contribution in [2.24, 2.45) is 0 Å². The molecule has 1 aromatic rings. The summed E-state index contributed by atoms with van der Waals surface area (Å²) >= 11 is 5.97. The highest BCUT2D eigenvalue weighted by Crippen LogP contribution is 2.28. The fraction of sp³-hybridized carbons (Fsp3) is 0.450. The molecule has 2 amide bonds. The molecule has 0 atom stereocenters. The highest BCUT2D eigenvalue weighted by Gasteiger charge is 2.25. The number of benzene rings is 1. The second kappa shape index (κ2) is 9.52.